The Morgan fingerprint density at radius 2 is 1.50 bits per heavy atom. The lowest BCUT2D eigenvalue weighted by Gasteiger charge is -2.28. The molecule has 36 heavy (non-hydrogen) atoms. The molecule has 0 heterocycles. The van der Waals surface area contributed by atoms with Crippen molar-refractivity contribution in [3.05, 3.63) is 29.8 Å². The minimum Gasteiger partial charge on any atom is -0.508 e. The van der Waals surface area contributed by atoms with E-state index in [0.717, 1.165) is 0 Å². The van der Waals surface area contributed by atoms with Crippen LogP contribution in [0, 0.1) is 5.92 Å². The number of hydrogen-bond donors (Lipinski definition) is 8. The number of benzene rings is 1. The van der Waals surface area contributed by atoms with Gasteiger partial charge in [0, 0.05) is 12.8 Å². The van der Waals surface area contributed by atoms with Crippen molar-refractivity contribution in [3.8, 4) is 5.75 Å². The summed E-state index contributed by atoms with van der Waals surface area (Å²) in [6.45, 7) is 2.57. The van der Waals surface area contributed by atoms with Crippen molar-refractivity contribution in [2.45, 2.75) is 63.7 Å². The van der Waals surface area contributed by atoms with Crippen LogP contribution in [0.2, 0.25) is 0 Å². The first-order valence-electron chi connectivity index (χ1n) is 11.4. The number of nitrogens with one attached hydrogen (secondary N) is 3. The number of carbonyl (C=O) groups excluding carboxylic acids is 3. The Kier molecular flexibility index (Phi) is 12.3. The van der Waals surface area contributed by atoms with Gasteiger partial charge < -0.3 is 42.1 Å². The Hall–Kier alpha value is -3.71. The molecule has 0 aromatic heterocycles. The van der Waals surface area contributed by atoms with Gasteiger partial charge in [-0.1, -0.05) is 32.4 Å². The summed E-state index contributed by atoms with van der Waals surface area (Å²) in [5.74, 6) is -5.40. The zero-order valence-corrected chi connectivity index (χ0v) is 20.1. The normalized spacial score (nSPS) is 15.0. The number of nitrogens with two attached hydrogens (primary N) is 1. The standard InChI is InChI=1S/C23H34N4O9/c1-3-12(2)19(22(34)26-17(11-28)23(35)36)27-21(33)16(10-13-4-6-14(29)7-5-13)25-20(32)15(24)8-9-18(30)31/h4-7,12,15-17,19,28-29H,3,8-11,24H2,1-2H3,(H,25,32)(H,26,34)(H,27,33)(H,30,31)(H,35,36). The monoisotopic (exact) mass is 510 g/mol. The largest absolute Gasteiger partial charge is 0.508 e. The number of aromatic hydroxyl groups is 1. The summed E-state index contributed by atoms with van der Waals surface area (Å²) < 4.78 is 0. The molecule has 0 aliphatic rings. The van der Waals surface area contributed by atoms with Crippen LogP contribution in [-0.4, -0.2) is 80.9 Å². The summed E-state index contributed by atoms with van der Waals surface area (Å²) >= 11 is 0. The fraction of sp³-hybridized carbons (Fsp3) is 0.522. The lowest BCUT2D eigenvalue weighted by molar-refractivity contribution is -0.143. The highest BCUT2D eigenvalue weighted by Crippen LogP contribution is 2.13. The van der Waals surface area contributed by atoms with Gasteiger partial charge in [0.15, 0.2) is 0 Å². The zero-order valence-electron chi connectivity index (χ0n) is 20.1. The molecule has 0 radical (unpaired) electrons. The SMILES string of the molecule is CCC(C)C(NC(=O)C(Cc1ccc(O)cc1)NC(=O)C(N)CCC(=O)O)C(=O)NC(CO)C(=O)O. The highest BCUT2D eigenvalue weighted by Gasteiger charge is 2.32. The minimum absolute atomic E-state index is 0.00939. The summed E-state index contributed by atoms with van der Waals surface area (Å²) in [4.78, 5) is 60.5. The Balaban J connectivity index is 3.13. The van der Waals surface area contributed by atoms with Crippen LogP contribution in [0.1, 0.15) is 38.7 Å². The van der Waals surface area contributed by atoms with Crippen LogP contribution in [0.4, 0.5) is 0 Å². The second-order valence-electron chi connectivity index (χ2n) is 8.42. The van der Waals surface area contributed by atoms with Gasteiger partial charge in [0.2, 0.25) is 17.7 Å². The van der Waals surface area contributed by atoms with Gasteiger partial charge in [0.25, 0.3) is 0 Å². The first-order chi connectivity index (χ1) is 16.9. The average Bonchev–Trinajstić information content (AvgIpc) is 2.83. The number of carboxylic acid groups (broad SMARTS) is 2. The summed E-state index contributed by atoms with van der Waals surface area (Å²) in [5.41, 5.74) is 6.32. The third kappa shape index (κ3) is 9.88. The summed E-state index contributed by atoms with van der Waals surface area (Å²) in [7, 11) is 0. The van der Waals surface area contributed by atoms with E-state index in [1.807, 2.05) is 0 Å². The molecule has 9 N–H and O–H groups in total. The molecule has 0 bridgehead atoms. The van der Waals surface area contributed by atoms with E-state index in [9.17, 15) is 34.2 Å². The molecule has 13 nitrogen and oxygen atoms in total. The number of hydrogen-bond acceptors (Lipinski definition) is 8. The number of carboxylic acids is 2. The maximum absolute atomic E-state index is 13.2. The van der Waals surface area contributed by atoms with E-state index < -0.39 is 66.4 Å². The predicted octanol–water partition coefficient (Wildman–Crippen LogP) is -1.30. The van der Waals surface area contributed by atoms with E-state index in [1.165, 1.54) is 24.3 Å². The van der Waals surface area contributed by atoms with E-state index in [1.54, 1.807) is 13.8 Å². The smallest absolute Gasteiger partial charge is 0.328 e. The predicted molar refractivity (Wildman–Crippen MR) is 127 cm³/mol. The minimum atomic E-state index is -1.57. The molecule has 13 heteroatoms. The van der Waals surface area contributed by atoms with E-state index in [-0.39, 0.29) is 25.0 Å². The fourth-order valence-corrected chi connectivity index (χ4v) is 3.17. The van der Waals surface area contributed by atoms with E-state index in [4.69, 9.17) is 15.9 Å². The second kappa shape index (κ2) is 14.6. The Morgan fingerprint density at radius 3 is 2.00 bits per heavy atom. The maximum Gasteiger partial charge on any atom is 0.328 e. The number of phenolic OH excluding ortho intramolecular Hbond substituents is 1. The molecule has 1 aromatic carbocycles. The number of rotatable bonds is 15. The maximum atomic E-state index is 13.2. The van der Waals surface area contributed by atoms with E-state index in [2.05, 4.69) is 16.0 Å². The van der Waals surface area contributed by atoms with Crippen LogP contribution in [-0.2, 0) is 30.4 Å². The first kappa shape index (κ1) is 30.3. The Morgan fingerprint density at radius 1 is 0.917 bits per heavy atom. The summed E-state index contributed by atoms with van der Waals surface area (Å²) in [5, 5.41) is 43.8. The molecule has 1 aromatic rings. The van der Waals surface area contributed by atoms with Crippen molar-refractivity contribution < 1.29 is 44.4 Å². The van der Waals surface area contributed by atoms with Gasteiger partial charge >= 0.3 is 11.9 Å². The van der Waals surface area contributed by atoms with Crippen molar-refractivity contribution in [3.63, 3.8) is 0 Å². The highest BCUT2D eigenvalue weighted by atomic mass is 16.4. The number of aliphatic hydroxyl groups is 1. The first-order valence-corrected chi connectivity index (χ1v) is 11.4. The van der Waals surface area contributed by atoms with Gasteiger partial charge in [-0.15, -0.1) is 0 Å². The Labute approximate surface area is 208 Å². The van der Waals surface area contributed by atoms with Crippen molar-refractivity contribution in [2.75, 3.05) is 6.61 Å². The van der Waals surface area contributed by atoms with Crippen molar-refractivity contribution in [1.82, 2.24) is 16.0 Å². The third-order valence-corrected chi connectivity index (χ3v) is 5.61. The van der Waals surface area contributed by atoms with Crippen LogP contribution >= 0.6 is 0 Å². The lowest BCUT2D eigenvalue weighted by atomic mass is 9.96. The molecule has 0 saturated carbocycles. The molecule has 0 aliphatic heterocycles. The molecular formula is C23H34N4O9. The van der Waals surface area contributed by atoms with Crippen LogP contribution in [0.25, 0.3) is 0 Å². The topological polar surface area (TPSA) is 228 Å². The molecule has 0 saturated heterocycles. The Bertz CT molecular complexity index is 923. The fourth-order valence-electron chi connectivity index (χ4n) is 3.17. The molecule has 0 spiro atoms. The van der Waals surface area contributed by atoms with Crippen molar-refractivity contribution in [2.24, 2.45) is 11.7 Å². The number of amides is 3. The van der Waals surface area contributed by atoms with Crippen LogP contribution in [0.5, 0.6) is 5.75 Å². The molecule has 5 atom stereocenters. The van der Waals surface area contributed by atoms with Gasteiger partial charge in [0.05, 0.1) is 12.6 Å². The zero-order chi connectivity index (χ0) is 27.4. The molecule has 3 amide bonds. The second-order valence-corrected chi connectivity index (χ2v) is 8.42. The van der Waals surface area contributed by atoms with Crippen molar-refractivity contribution >= 4 is 29.7 Å². The molecule has 0 fully saturated rings. The molecule has 1 rings (SSSR count). The van der Waals surface area contributed by atoms with Gasteiger partial charge in [0.1, 0.15) is 23.9 Å². The molecular weight excluding hydrogens is 476 g/mol. The highest BCUT2D eigenvalue weighted by molar-refractivity contribution is 5.94. The summed E-state index contributed by atoms with van der Waals surface area (Å²) in [6, 6.07) is 0.655. The lowest BCUT2D eigenvalue weighted by Crippen LogP contribution is -2.59. The quantitative estimate of drug-likeness (QED) is 0.139. The van der Waals surface area contributed by atoms with Crippen LogP contribution in [0.3, 0.4) is 0 Å². The molecule has 5 unspecified atom stereocenters. The summed E-state index contributed by atoms with van der Waals surface area (Å²) in [6.07, 6.45) is -0.128. The van der Waals surface area contributed by atoms with Crippen LogP contribution < -0.4 is 21.7 Å². The van der Waals surface area contributed by atoms with Gasteiger partial charge in [-0.3, -0.25) is 19.2 Å². The number of aliphatic hydroxyl groups excluding tert-OH is 1. The van der Waals surface area contributed by atoms with Crippen molar-refractivity contribution in [1.29, 1.82) is 0 Å². The van der Waals surface area contributed by atoms with Crippen LogP contribution in [0.15, 0.2) is 24.3 Å². The molecule has 200 valence electrons. The molecule has 0 aliphatic carbocycles. The van der Waals surface area contributed by atoms with Gasteiger partial charge in [-0.2, -0.15) is 0 Å². The third-order valence-electron chi connectivity index (χ3n) is 5.61. The number of aliphatic carboxylic acids is 2. The van der Waals surface area contributed by atoms with E-state index in [0.29, 0.717) is 12.0 Å². The van der Waals surface area contributed by atoms with E-state index >= 15 is 0 Å². The van der Waals surface area contributed by atoms with Gasteiger partial charge in [-0.25, -0.2) is 4.79 Å². The number of carbonyl (C=O) groups is 5. The number of phenols is 1. The van der Waals surface area contributed by atoms with Gasteiger partial charge in [-0.05, 0) is 30.0 Å². The average molecular weight is 511 g/mol.